The molecule has 1 aliphatic heterocycles. The molecule has 1 heterocycles. The van der Waals surface area contributed by atoms with Crippen molar-refractivity contribution in [2.75, 3.05) is 5.32 Å². The number of amides is 1. The van der Waals surface area contributed by atoms with Crippen LogP contribution in [0.5, 0.6) is 0 Å². The number of carbonyl (C=O) groups is 1. The fraction of sp³-hybridized carbons (Fsp3) is 0.273. The lowest BCUT2D eigenvalue weighted by atomic mass is 9.98. The van der Waals surface area contributed by atoms with Gasteiger partial charge in [0.1, 0.15) is 6.04 Å². The number of nitrogens with one attached hydrogen (secondary N) is 1. The number of anilines is 1. The van der Waals surface area contributed by atoms with Crippen LogP contribution in [0.25, 0.3) is 0 Å². The van der Waals surface area contributed by atoms with E-state index >= 15 is 0 Å². The van der Waals surface area contributed by atoms with Crippen molar-refractivity contribution in [1.82, 2.24) is 0 Å². The van der Waals surface area contributed by atoms with Gasteiger partial charge in [0.2, 0.25) is 5.91 Å². The third-order valence-corrected chi connectivity index (χ3v) is 2.52. The molecule has 1 amide bonds. The number of nitriles is 1. The van der Waals surface area contributed by atoms with Crippen LogP contribution in [0.3, 0.4) is 0 Å². The summed E-state index contributed by atoms with van der Waals surface area (Å²) in [6.45, 7) is 0. The Morgan fingerprint density at radius 1 is 1.47 bits per heavy atom. The average Bonchev–Trinajstić information content (AvgIpc) is 2.27. The number of benzene rings is 1. The minimum Gasteiger partial charge on any atom is -0.326 e. The quantitative estimate of drug-likeness (QED) is 0.714. The summed E-state index contributed by atoms with van der Waals surface area (Å²) < 4.78 is 0. The van der Waals surface area contributed by atoms with Gasteiger partial charge < -0.3 is 11.1 Å². The highest BCUT2D eigenvalue weighted by atomic mass is 16.1. The van der Waals surface area contributed by atoms with E-state index in [1.165, 1.54) is 0 Å². The maximum absolute atomic E-state index is 11.1. The molecule has 0 radical (unpaired) electrons. The molecule has 0 saturated heterocycles. The molecule has 0 fully saturated rings. The van der Waals surface area contributed by atoms with E-state index in [9.17, 15) is 4.79 Å². The van der Waals surface area contributed by atoms with E-state index in [1.807, 2.05) is 12.1 Å². The second-order valence-corrected chi connectivity index (χ2v) is 3.57. The Balaban J connectivity index is 2.35. The van der Waals surface area contributed by atoms with Crippen LogP contribution in [-0.4, -0.2) is 5.91 Å². The Kier molecular flexibility index (Phi) is 2.40. The summed E-state index contributed by atoms with van der Waals surface area (Å²) in [5.74, 6) is 0.0415. The summed E-state index contributed by atoms with van der Waals surface area (Å²) in [5.41, 5.74) is 8.29. The second-order valence-electron chi connectivity index (χ2n) is 3.57. The summed E-state index contributed by atoms with van der Waals surface area (Å²) in [5, 5.41) is 11.5. The summed E-state index contributed by atoms with van der Waals surface area (Å²) >= 11 is 0. The first-order valence-corrected chi connectivity index (χ1v) is 4.78. The number of nitrogens with zero attached hydrogens (tertiary/aromatic N) is 1. The van der Waals surface area contributed by atoms with Crippen molar-refractivity contribution >= 4 is 11.6 Å². The van der Waals surface area contributed by atoms with Gasteiger partial charge in [0.05, 0.1) is 6.07 Å². The molecular weight excluding hydrogens is 190 g/mol. The van der Waals surface area contributed by atoms with Gasteiger partial charge in [-0.05, 0) is 23.6 Å². The van der Waals surface area contributed by atoms with E-state index in [2.05, 4.69) is 5.32 Å². The van der Waals surface area contributed by atoms with E-state index in [1.54, 1.807) is 12.1 Å². The van der Waals surface area contributed by atoms with Gasteiger partial charge in [-0.3, -0.25) is 4.79 Å². The maximum Gasteiger partial charge on any atom is 0.224 e. The molecule has 1 unspecified atom stereocenters. The molecule has 1 aliphatic rings. The molecule has 0 aromatic heterocycles. The minimum atomic E-state index is -0.590. The number of nitrogens with two attached hydrogens (primary N) is 1. The van der Waals surface area contributed by atoms with Gasteiger partial charge in [-0.15, -0.1) is 0 Å². The number of rotatable bonds is 1. The van der Waals surface area contributed by atoms with Crippen molar-refractivity contribution in [2.45, 2.75) is 18.9 Å². The van der Waals surface area contributed by atoms with Gasteiger partial charge in [0.25, 0.3) is 0 Å². The molecule has 4 heteroatoms. The van der Waals surface area contributed by atoms with Crippen LogP contribution in [0.2, 0.25) is 0 Å². The van der Waals surface area contributed by atoms with Crippen LogP contribution >= 0.6 is 0 Å². The summed E-state index contributed by atoms with van der Waals surface area (Å²) in [4.78, 5) is 11.1. The van der Waals surface area contributed by atoms with Gasteiger partial charge in [-0.2, -0.15) is 5.26 Å². The van der Waals surface area contributed by atoms with Crippen molar-refractivity contribution in [3.05, 3.63) is 29.3 Å². The molecular formula is C11H11N3O. The Morgan fingerprint density at radius 3 is 3.00 bits per heavy atom. The normalized spacial score (nSPS) is 16.1. The number of carbonyl (C=O) groups excluding carboxylic acids is 1. The van der Waals surface area contributed by atoms with Crippen LogP contribution in [0, 0.1) is 11.3 Å². The van der Waals surface area contributed by atoms with E-state index in [4.69, 9.17) is 11.0 Å². The van der Waals surface area contributed by atoms with Crippen molar-refractivity contribution in [1.29, 1.82) is 5.26 Å². The lowest BCUT2D eigenvalue weighted by Crippen LogP contribution is -2.19. The predicted octanol–water partition coefficient (Wildman–Crippen LogP) is 1.09. The van der Waals surface area contributed by atoms with Crippen molar-refractivity contribution < 1.29 is 4.79 Å². The molecule has 15 heavy (non-hydrogen) atoms. The lowest BCUT2D eigenvalue weighted by Gasteiger charge is -2.17. The van der Waals surface area contributed by atoms with E-state index in [0.717, 1.165) is 16.8 Å². The molecule has 1 aromatic rings. The van der Waals surface area contributed by atoms with Gasteiger partial charge in [0, 0.05) is 12.1 Å². The fourth-order valence-corrected chi connectivity index (χ4v) is 1.67. The topological polar surface area (TPSA) is 78.9 Å². The SMILES string of the molecule is N#CC(N)c1ccc2c(c1)CCC(=O)N2. The standard InChI is InChI=1S/C11H11N3O/c12-6-9(13)7-1-3-10-8(5-7)2-4-11(15)14-10/h1,3,5,9H,2,4,13H2,(H,14,15). The van der Waals surface area contributed by atoms with Crippen molar-refractivity contribution in [2.24, 2.45) is 5.73 Å². The molecule has 0 saturated carbocycles. The largest absolute Gasteiger partial charge is 0.326 e. The summed E-state index contributed by atoms with van der Waals surface area (Å²) in [7, 11) is 0. The number of hydrogen-bond acceptors (Lipinski definition) is 3. The number of fused-ring (bicyclic) bond motifs is 1. The number of hydrogen-bond donors (Lipinski definition) is 2. The van der Waals surface area contributed by atoms with Gasteiger partial charge in [-0.25, -0.2) is 0 Å². The molecule has 0 spiro atoms. The lowest BCUT2D eigenvalue weighted by molar-refractivity contribution is -0.116. The Bertz CT molecular complexity index is 448. The second kappa shape index (κ2) is 3.71. The highest BCUT2D eigenvalue weighted by molar-refractivity contribution is 5.93. The van der Waals surface area contributed by atoms with Crippen LogP contribution in [0.4, 0.5) is 5.69 Å². The molecule has 3 N–H and O–H groups in total. The average molecular weight is 201 g/mol. The van der Waals surface area contributed by atoms with Gasteiger partial charge in [-0.1, -0.05) is 12.1 Å². The smallest absolute Gasteiger partial charge is 0.224 e. The molecule has 4 nitrogen and oxygen atoms in total. The van der Waals surface area contributed by atoms with Gasteiger partial charge >= 0.3 is 0 Å². The summed E-state index contributed by atoms with van der Waals surface area (Å²) in [6, 6.07) is 6.87. The Labute approximate surface area is 87.7 Å². The first-order chi connectivity index (χ1) is 7.20. The van der Waals surface area contributed by atoms with E-state index < -0.39 is 6.04 Å². The highest BCUT2D eigenvalue weighted by Gasteiger charge is 2.15. The number of aryl methyl sites for hydroxylation is 1. The zero-order valence-corrected chi connectivity index (χ0v) is 8.16. The van der Waals surface area contributed by atoms with Crippen molar-refractivity contribution in [3.63, 3.8) is 0 Å². The van der Waals surface area contributed by atoms with E-state index in [0.29, 0.717) is 12.8 Å². The molecule has 0 aliphatic carbocycles. The first-order valence-electron chi connectivity index (χ1n) is 4.78. The highest BCUT2D eigenvalue weighted by Crippen LogP contribution is 2.25. The monoisotopic (exact) mass is 201 g/mol. The van der Waals surface area contributed by atoms with Crippen molar-refractivity contribution in [3.8, 4) is 6.07 Å². The Hall–Kier alpha value is -1.86. The molecule has 2 rings (SSSR count). The molecule has 1 aromatic carbocycles. The van der Waals surface area contributed by atoms with Crippen LogP contribution in [-0.2, 0) is 11.2 Å². The van der Waals surface area contributed by atoms with Crippen LogP contribution in [0.1, 0.15) is 23.6 Å². The Morgan fingerprint density at radius 2 is 2.27 bits per heavy atom. The predicted molar refractivity (Wildman–Crippen MR) is 55.9 cm³/mol. The zero-order valence-electron chi connectivity index (χ0n) is 8.16. The third kappa shape index (κ3) is 1.83. The molecule has 1 atom stereocenters. The van der Waals surface area contributed by atoms with Crippen LogP contribution in [0.15, 0.2) is 18.2 Å². The van der Waals surface area contributed by atoms with Crippen LogP contribution < -0.4 is 11.1 Å². The maximum atomic E-state index is 11.1. The summed E-state index contributed by atoms with van der Waals surface area (Å²) in [6.07, 6.45) is 1.21. The zero-order chi connectivity index (χ0) is 10.8. The van der Waals surface area contributed by atoms with Gasteiger partial charge in [0.15, 0.2) is 0 Å². The first kappa shape index (κ1) is 9.69. The van der Waals surface area contributed by atoms with E-state index in [-0.39, 0.29) is 5.91 Å². The molecule has 0 bridgehead atoms. The minimum absolute atomic E-state index is 0.0415. The molecule has 76 valence electrons. The third-order valence-electron chi connectivity index (χ3n) is 2.52. The fourth-order valence-electron chi connectivity index (χ4n) is 1.67.